The molecule has 2 N–H and O–H groups in total. The van der Waals surface area contributed by atoms with E-state index in [9.17, 15) is 28.1 Å². The lowest BCUT2D eigenvalue weighted by atomic mass is 10.1. The predicted octanol–water partition coefficient (Wildman–Crippen LogP) is 4.56. The van der Waals surface area contributed by atoms with Crippen molar-refractivity contribution in [2.45, 2.75) is 25.4 Å². The third kappa shape index (κ3) is 6.10. The van der Waals surface area contributed by atoms with Gasteiger partial charge in [0.05, 0.1) is 6.54 Å². The maximum Gasteiger partial charge on any atom is 0.573 e. The minimum absolute atomic E-state index is 0.144. The van der Waals surface area contributed by atoms with E-state index in [-0.39, 0.29) is 24.1 Å². The molecule has 1 aliphatic heterocycles. The molecule has 0 fully saturated rings. The number of fused-ring (bicyclic) bond motifs is 1. The summed E-state index contributed by atoms with van der Waals surface area (Å²) in [5.41, 5.74) is -0.0516. The molecule has 1 aliphatic rings. The van der Waals surface area contributed by atoms with Crippen molar-refractivity contribution in [3.8, 4) is 17.5 Å². The second kappa shape index (κ2) is 9.04. The molecule has 3 aromatic rings. The number of alkyl halides is 3. The van der Waals surface area contributed by atoms with Gasteiger partial charge in [0.1, 0.15) is 24.3 Å². The highest BCUT2D eigenvalue weighted by Gasteiger charge is 2.41. The topological polar surface area (TPSA) is 130 Å². The van der Waals surface area contributed by atoms with Crippen molar-refractivity contribution in [3.05, 3.63) is 64.8 Å². The molecule has 2 aromatic carbocycles. The van der Waals surface area contributed by atoms with Crippen molar-refractivity contribution in [2.24, 2.45) is 0 Å². The zero-order chi connectivity index (χ0) is 25.2. The number of benzene rings is 2. The van der Waals surface area contributed by atoms with Crippen molar-refractivity contribution < 1.29 is 37.1 Å². The van der Waals surface area contributed by atoms with Crippen LogP contribution in [0.5, 0.6) is 17.5 Å². The molecule has 2 amide bonds. The van der Waals surface area contributed by atoms with Crippen LogP contribution in [0.2, 0.25) is 0 Å². The Morgan fingerprint density at radius 3 is 2.23 bits per heavy atom. The number of rotatable bonds is 7. The van der Waals surface area contributed by atoms with Gasteiger partial charge in [-0.2, -0.15) is 0 Å². The van der Waals surface area contributed by atoms with Crippen LogP contribution in [-0.4, -0.2) is 39.1 Å². The minimum Gasteiger partial charge on any atom is -0.489 e. The number of imidazole rings is 1. The van der Waals surface area contributed by atoms with Gasteiger partial charge in [0.25, 0.3) is 0 Å². The van der Waals surface area contributed by atoms with Crippen LogP contribution in [0.3, 0.4) is 0 Å². The maximum atomic E-state index is 12.2. The lowest BCUT2D eigenvalue weighted by molar-refractivity contribution is -0.389. The summed E-state index contributed by atoms with van der Waals surface area (Å²) in [7, 11) is 0. The van der Waals surface area contributed by atoms with E-state index in [4.69, 9.17) is 9.47 Å². The molecule has 0 saturated carbocycles. The number of nitrogens with zero attached hydrogens (tertiary/aromatic N) is 3. The van der Waals surface area contributed by atoms with Crippen LogP contribution in [-0.2, 0) is 6.54 Å². The first-order valence-corrected chi connectivity index (χ1v) is 10.1. The van der Waals surface area contributed by atoms with Gasteiger partial charge in [0, 0.05) is 16.4 Å². The van der Waals surface area contributed by atoms with Crippen LogP contribution in [0.15, 0.2) is 54.7 Å². The molecule has 1 aromatic heterocycles. The number of hydrogen-bond acceptors (Lipinski definition) is 7. The quantitative estimate of drug-likeness (QED) is 0.364. The molecular weight excluding hydrogens is 475 g/mol. The fourth-order valence-corrected chi connectivity index (χ4v) is 3.26. The number of anilines is 2. The third-order valence-electron chi connectivity index (χ3n) is 4.76. The minimum atomic E-state index is -4.80. The Morgan fingerprint density at radius 2 is 1.71 bits per heavy atom. The van der Waals surface area contributed by atoms with Gasteiger partial charge in [-0.15, -0.1) is 13.2 Å². The van der Waals surface area contributed by atoms with Gasteiger partial charge in [-0.1, -0.05) is 0 Å². The SMILES string of the molecule is CC1(COc2ccc(NC(=O)Nc3ccc(OC(F)(F)F)cc3)cc2)Cn2cc([N+](=O)[O-])nc2O1. The van der Waals surface area contributed by atoms with Crippen LogP contribution in [0.1, 0.15) is 6.92 Å². The first-order chi connectivity index (χ1) is 16.5. The monoisotopic (exact) mass is 493 g/mol. The zero-order valence-corrected chi connectivity index (χ0v) is 18.0. The number of amides is 2. The fraction of sp³-hybridized carbons (Fsp3) is 0.238. The number of nitrogens with one attached hydrogen (secondary N) is 2. The summed E-state index contributed by atoms with van der Waals surface area (Å²) in [6.07, 6.45) is -3.49. The van der Waals surface area contributed by atoms with Crippen LogP contribution in [0.4, 0.5) is 35.2 Å². The summed E-state index contributed by atoms with van der Waals surface area (Å²) in [6, 6.07) is 10.7. The Hall–Kier alpha value is -4.49. The predicted molar refractivity (Wildman–Crippen MR) is 116 cm³/mol. The maximum absolute atomic E-state index is 12.2. The summed E-state index contributed by atoms with van der Waals surface area (Å²) in [6.45, 7) is 2.26. The number of aromatic nitrogens is 2. The van der Waals surface area contributed by atoms with E-state index < -0.39 is 28.7 Å². The molecule has 35 heavy (non-hydrogen) atoms. The second-order valence-corrected chi connectivity index (χ2v) is 7.78. The molecule has 0 saturated heterocycles. The van der Waals surface area contributed by atoms with Crippen molar-refractivity contribution in [1.29, 1.82) is 0 Å². The molecule has 2 heterocycles. The molecule has 1 unspecified atom stereocenters. The van der Waals surface area contributed by atoms with E-state index >= 15 is 0 Å². The lowest BCUT2D eigenvalue weighted by Crippen LogP contribution is -2.38. The van der Waals surface area contributed by atoms with E-state index in [2.05, 4.69) is 20.4 Å². The number of nitro groups is 1. The Bertz CT molecular complexity index is 1200. The van der Waals surface area contributed by atoms with Crippen LogP contribution >= 0.6 is 0 Å². The van der Waals surface area contributed by atoms with Crippen LogP contribution in [0, 0.1) is 10.1 Å². The van der Waals surface area contributed by atoms with Crippen molar-refractivity contribution in [1.82, 2.24) is 9.55 Å². The highest BCUT2D eigenvalue weighted by molar-refractivity contribution is 5.99. The van der Waals surface area contributed by atoms with Gasteiger partial charge in [0.2, 0.25) is 0 Å². The largest absolute Gasteiger partial charge is 0.573 e. The van der Waals surface area contributed by atoms with E-state index in [1.807, 2.05) is 0 Å². The van der Waals surface area contributed by atoms with Gasteiger partial charge >= 0.3 is 24.2 Å². The molecular formula is C21H18F3N5O6. The molecule has 1 atom stereocenters. The number of ether oxygens (including phenoxy) is 3. The number of carbonyl (C=O) groups excluding carboxylic acids is 1. The molecule has 0 aliphatic carbocycles. The van der Waals surface area contributed by atoms with Gasteiger partial charge in [-0.25, -0.2) is 4.79 Å². The third-order valence-corrected chi connectivity index (χ3v) is 4.76. The normalized spacial score (nSPS) is 16.7. The zero-order valence-electron chi connectivity index (χ0n) is 18.0. The summed E-state index contributed by atoms with van der Waals surface area (Å²) in [4.78, 5) is 26.2. The molecule has 184 valence electrons. The van der Waals surface area contributed by atoms with Crippen molar-refractivity contribution in [3.63, 3.8) is 0 Å². The van der Waals surface area contributed by atoms with E-state index in [1.165, 1.54) is 18.3 Å². The summed E-state index contributed by atoms with van der Waals surface area (Å²) in [5.74, 6) is -0.193. The second-order valence-electron chi connectivity index (χ2n) is 7.78. The molecule has 14 heteroatoms. The van der Waals surface area contributed by atoms with Gasteiger partial charge in [-0.05, 0) is 60.4 Å². The van der Waals surface area contributed by atoms with Gasteiger partial charge < -0.3 is 35.0 Å². The Morgan fingerprint density at radius 1 is 1.14 bits per heavy atom. The van der Waals surface area contributed by atoms with E-state index in [0.29, 0.717) is 18.0 Å². The van der Waals surface area contributed by atoms with Crippen molar-refractivity contribution >= 4 is 23.2 Å². The fourth-order valence-electron chi connectivity index (χ4n) is 3.26. The number of urea groups is 1. The Balaban J connectivity index is 1.25. The standard InChI is InChI=1S/C21H18F3N5O6/c1-20(11-28-10-17(29(31)32)27-19(28)35-20)12-33-15-6-2-13(3-7-15)25-18(30)26-14-4-8-16(9-5-14)34-21(22,23)24/h2-10H,11-12H2,1H3,(H2,25,26,30). The van der Waals surface area contributed by atoms with Crippen LogP contribution < -0.4 is 24.8 Å². The first kappa shape index (κ1) is 23.7. The summed E-state index contributed by atoms with van der Waals surface area (Å²) < 4.78 is 53.4. The lowest BCUT2D eigenvalue weighted by Gasteiger charge is -2.22. The van der Waals surface area contributed by atoms with Gasteiger partial charge in [-0.3, -0.25) is 4.57 Å². The number of halogens is 3. The number of carbonyl (C=O) groups is 1. The molecule has 0 bridgehead atoms. The molecule has 0 spiro atoms. The highest BCUT2D eigenvalue weighted by atomic mass is 19.4. The van der Waals surface area contributed by atoms with E-state index in [1.54, 1.807) is 35.8 Å². The van der Waals surface area contributed by atoms with Gasteiger partial charge in [0.15, 0.2) is 5.60 Å². The average Bonchev–Trinajstić information content (AvgIpc) is 3.29. The Labute approximate surface area is 195 Å². The average molecular weight is 493 g/mol. The Kier molecular flexibility index (Phi) is 6.11. The summed E-state index contributed by atoms with van der Waals surface area (Å²) >= 11 is 0. The molecule has 11 nitrogen and oxygen atoms in total. The smallest absolute Gasteiger partial charge is 0.489 e. The van der Waals surface area contributed by atoms with Crippen LogP contribution in [0.25, 0.3) is 0 Å². The molecule has 0 radical (unpaired) electrons. The highest BCUT2D eigenvalue weighted by Crippen LogP contribution is 2.31. The summed E-state index contributed by atoms with van der Waals surface area (Å²) in [5, 5.41) is 15.9. The van der Waals surface area contributed by atoms with E-state index in [0.717, 1.165) is 12.1 Å². The first-order valence-electron chi connectivity index (χ1n) is 10.1. The van der Waals surface area contributed by atoms with Crippen molar-refractivity contribution in [2.75, 3.05) is 17.2 Å². The number of hydrogen-bond donors (Lipinski definition) is 2. The molecule has 4 rings (SSSR count).